The normalized spacial score (nSPS) is 12.2. The van der Waals surface area contributed by atoms with Crippen LogP contribution in [-0.4, -0.2) is 22.3 Å². The molecule has 2 rings (SSSR count). The topological polar surface area (TPSA) is 44.1 Å². The number of rotatable bonds is 3. The Morgan fingerprint density at radius 1 is 1.47 bits per heavy atom. The highest BCUT2D eigenvalue weighted by molar-refractivity contribution is 7.17. The summed E-state index contributed by atoms with van der Waals surface area (Å²) >= 11 is 1.19. The van der Waals surface area contributed by atoms with Gasteiger partial charge in [-0.25, -0.2) is 4.98 Å². The molecule has 2 aromatic rings. The van der Waals surface area contributed by atoms with Crippen molar-refractivity contribution in [3.05, 3.63) is 28.1 Å². The van der Waals surface area contributed by atoms with Gasteiger partial charge in [-0.1, -0.05) is 0 Å². The number of hydrogen-bond donors (Lipinski definition) is 0. The zero-order chi connectivity index (χ0) is 12.5. The lowest BCUT2D eigenvalue weighted by Gasteiger charge is -2.08. The number of halogens is 3. The van der Waals surface area contributed by atoms with Crippen LogP contribution in [0.2, 0.25) is 0 Å². The summed E-state index contributed by atoms with van der Waals surface area (Å²) in [6.45, 7) is -1.85. The van der Waals surface area contributed by atoms with Gasteiger partial charge in [0.25, 0.3) is 5.56 Å². The fourth-order valence-corrected chi connectivity index (χ4v) is 2.02. The fourth-order valence-electron chi connectivity index (χ4n) is 1.23. The highest BCUT2D eigenvalue weighted by Crippen LogP contribution is 2.15. The monoisotopic (exact) mass is 264 g/mol. The molecule has 0 spiro atoms. The quantitative estimate of drug-likeness (QED) is 0.851. The molecule has 92 valence electrons. The molecule has 0 unspecified atom stereocenters. The minimum atomic E-state index is -4.40. The molecule has 0 bridgehead atoms. The molecule has 4 nitrogen and oxygen atoms in total. The van der Waals surface area contributed by atoms with Crippen molar-refractivity contribution in [1.82, 2.24) is 9.55 Å². The first-order valence-corrected chi connectivity index (χ1v) is 5.42. The van der Waals surface area contributed by atoms with Crippen molar-refractivity contribution in [3.8, 4) is 0 Å². The maximum Gasteiger partial charge on any atom is 0.411 e. The molecule has 0 radical (unpaired) electrons. The molecule has 17 heavy (non-hydrogen) atoms. The summed E-state index contributed by atoms with van der Waals surface area (Å²) in [5.74, 6) is 0. The highest BCUT2D eigenvalue weighted by Gasteiger charge is 2.27. The molecule has 0 aliphatic rings. The molecule has 2 aromatic heterocycles. The predicted octanol–water partition coefficient (Wildman–Crippen LogP) is 1.99. The maximum atomic E-state index is 11.8. The third-order valence-corrected chi connectivity index (χ3v) is 2.82. The lowest BCUT2D eigenvalue weighted by Crippen LogP contribution is -2.24. The van der Waals surface area contributed by atoms with E-state index >= 15 is 0 Å². The Hall–Kier alpha value is -1.41. The van der Waals surface area contributed by atoms with Crippen LogP contribution in [0.4, 0.5) is 13.2 Å². The van der Waals surface area contributed by atoms with Gasteiger partial charge in [0.2, 0.25) is 0 Å². The first kappa shape index (κ1) is 12.1. The first-order chi connectivity index (χ1) is 7.97. The van der Waals surface area contributed by atoms with Crippen LogP contribution in [0.15, 0.2) is 22.6 Å². The predicted molar refractivity (Wildman–Crippen MR) is 55.9 cm³/mol. The van der Waals surface area contributed by atoms with Crippen LogP contribution in [0, 0.1) is 0 Å². The van der Waals surface area contributed by atoms with E-state index in [1.807, 2.05) is 0 Å². The number of fused-ring (bicyclic) bond motifs is 1. The summed E-state index contributed by atoms with van der Waals surface area (Å²) in [6, 6.07) is 1.67. The van der Waals surface area contributed by atoms with Gasteiger partial charge < -0.3 is 4.74 Å². The SMILES string of the molecule is O=c1c2sccc2ncn1COCC(F)(F)F. The Kier molecular flexibility index (Phi) is 3.16. The van der Waals surface area contributed by atoms with Gasteiger partial charge in [0.1, 0.15) is 24.4 Å². The van der Waals surface area contributed by atoms with Gasteiger partial charge in [-0.2, -0.15) is 13.2 Å². The van der Waals surface area contributed by atoms with Crippen LogP contribution >= 0.6 is 11.3 Å². The number of hydrogen-bond acceptors (Lipinski definition) is 4. The van der Waals surface area contributed by atoms with Gasteiger partial charge in [0.05, 0.1) is 5.52 Å². The molecule has 8 heteroatoms. The lowest BCUT2D eigenvalue weighted by molar-refractivity contribution is -0.182. The van der Waals surface area contributed by atoms with Gasteiger partial charge in [0.15, 0.2) is 0 Å². The molecular weight excluding hydrogens is 257 g/mol. The number of nitrogens with zero attached hydrogens (tertiary/aromatic N) is 2. The van der Waals surface area contributed by atoms with E-state index in [4.69, 9.17) is 0 Å². The highest BCUT2D eigenvalue weighted by atomic mass is 32.1. The molecule has 0 fully saturated rings. The van der Waals surface area contributed by atoms with Gasteiger partial charge >= 0.3 is 6.18 Å². The minimum absolute atomic E-state index is 0.396. The van der Waals surface area contributed by atoms with Crippen LogP contribution in [0.1, 0.15) is 0 Å². The van der Waals surface area contributed by atoms with E-state index in [-0.39, 0.29) is 0 Å². The number of alkyl halides is 3. The van der Waals surface area contributed by atoms with E-state index in [1.54, 1.807) is 11.4 Å². The third kappa shape index (κ3) is 2.83. The molecule has 2 heterocycles. The van der Waals surface area contributed by atoms with Crippen LogP contribution < -0.4 is 5.56 Å². The van der Waals surface area contributed by atoms with Gasteiger partial charge in [-0.15, -0.1) is 11.3 Å². The Morgan fingerprint density at radius 2 is 2.24 bits per heavy atom. The van der Waals surface area contributed by atoms with Crippen molar-refractivity contribution in [3.63, 3.8) is 0 Å². The van der Waals surface area contributed by atoms with Crippen LogP contribution in [0.25, 0.3) is 10.2 Å². The second-order valence-electron chi connectivity index (χ2n) is 3.25. The molecule has 0 saturated carbocycles. The molecule has 0 saturated heterocycles. The van der Waals surface area contributed by atoms with Crippen LogP contribution in [-0.2, 0) is 11.5 Å². The van der Waals surface area contributed by atoms with Gasteiger partial charge in [0, 0.05) is 0 Å². The molecule has 0 atom stereocenters. The van der Waals surface area contributed by atoms with Crippen molar-refractivity contribution in [1.29, 1.82) is 0 Å². The largest absolute Gasteiger partial charge is 0.411 e. The zero-order valence-electron chi connectivity index (χ0n) is 8.40. The lowest BCUT2D eigenvalue weighted by atomic mass is 10.5. The number of thiophene rings is 1. The molecule has 0 aliphatic carbocycles. The van der Waals surface area contributed by atoms with E-state index in [1.165, 1.54) is 17.7 Å². The smallest absolute Gasteiger partial charge is 0.351 e. The number of ether oxygens (including phenoxy) is 1. The van der Waals surface area contributed by atoms with Crippen molar-refractivity contribution in [2.24, 2.45) is 0 Å². The van der Waals surface area contributed by atoms with E-state index in [0.717, 1.165) is 4.57 Å². The average Bonchev–Trinajstić information content (AvgIpc) is 2.68. The Balaban J connectivity index is 2.14. The standard InChI is InChI=1S/C9H7F3N2O2S/c10-9(11,12)3-16-5-14-4-13-6-1-2-17-7(6)8(14)15/h1-2,4H,3,5H2. The molecule has 0 amide bonds. The van der Waals surface area contributed by atoms with Crippen LogP contribution in [0.3, 0.4) is 0 Å². The molecular formula is C9H7F3N2O2S. The number of aromatic nitrogens is 2. The maximum absolute atomic E-state index is 11.8. The molecule has 0 N–H and O–H groups in total. The fraction of sp³-hybridized carbons (Fsp3) is 0.333. The summed E-state index contributed by atoms with van der Waals surface area (Å²) < 4.78 is 41.3. The second kappa shape index (κ2) is 4.46. The summed E-state index contributed by atoms with van der Waals surface area (Å²) in [5, 5.41) is 1.69. The third-order valence-electron chi connectivity index (χ3n) is 1.93. The van der Waals surface area contributed by atoms with Crippen molar-refractivity contribution < 1.29 is 17.9 Å². The summed E-state index contributed by atoms with van der Waals surface area (Å²) in [4.78, 5) is 15.6. The Morgan fingerprint density at radius 3 is 2.94 bits per heavy atom. The Labute approximate surface area is 97.3 Å². The van der Waals surface area contributed by atoms with E-state index < -0.39 is 25.1 Å². The van der Waals surface area contributed by atoms with E-state index in [9.17, 15) is 18.0 Å². The molecule has 0 aromatic carbocycles. The van der Waals surface area contributed by atoms with Gasteiger partial charge in [-0.3, -0.25) is 9.36 Å². The Bertz CT molecular complexity index is 575. The summed E-state index contributed by atoms with van der Waals surface area (Å²) in [7, 11) is 0. The van der Waals surface area contributed by atoms with Crippen molar-refractivity contribution >= 4 is 21.6 Å². The van der Waals surface area contributed by atoms with Crippen molar-refractivity contribution in [2.45, 2.75) is 12.9 Å². The van der Waals surface area contributed by atoms with E-state index in [2.05, 4.69) is 9.72 Å². The van der Waals surface area contributed by atoms with Crippen molar-refractivity contribution in [2.75, 3.05) is 6.61 Å². The van der Waals surface area contributed by atoms with Crippen LogP contribution in [0.5, 0.6) is 0 Å². The summed E-state index contributed by atoms with van der Waals surface area (Å²) in [5.41, 5.74) is 0.138. The van der Waals surface area contributed by atoms with Gasteiger partial charge in [-0.05, 0) is 11.4 Å². The minimum Gasteiger partial charge on any atom is -0.351 e. The second-order valence-corrected chi connectivity index (χ2v) is 4.16. The summed E-state index contributed by atoms with van der Waals surface area (Å²) in [6.07, 6.45) is -3.22. The first-order valence-electron chi connectivity index (χ1n) is 4.54. The zero-order valence-corrected chi connectivity index (χ0v) is 9.22. The average molecular weight is 264 g/mol. The van der Waals surface area contributed by atoms with E-state index in [0.29, 0.717) is 10.2 Å². The molecule has 0 aliphatic heterocycles.